The van der Waals surface area contributed by atoms with Crippen LogP contribution in [0.3, 0.4) is 0 Å². The van der Waals surface area contributed by atoms with Crippen molar-refractivity contribution in [2.75, 3.05) is 13.7 Å². The summed E-state index contributed by atoms with van der Waals surface area (Å²) in [7, 11) is 3.24. The first-order valence-electron chi connectivity index (χ1n) is 4.85. The summed E-state index contributed by atoms with van der Waals surface area (Å²) >= 11 is 0. The van der Waals surface area contributed by atoms with Gasteiger partial charge in [0.05, 0.1) is 11.4 Å². The first-order chi connectivity index (χ1) is 7.38. The first-order valence-corrected chi connectivity index (χ1v) is 7.16. The van der Waals surface area contributed by atoms with Crippen LogP contribution in [0.25, 0.3) is 0 Å². The Labute approximate surface area is 99.8 Å². The molecule has 0 saturated carbocycles. The van der Waals surface area contributed by atoms with E-state index in [0.29, 0.717) is 24.5 Å². The number of methoxy groups -OCH3 is 1. The summed E-state index contributed by atoms with van der Waals surface area (Å²) in [6.45, 7) is 4.56. The van der Waals surface area contributed by atoms with Gasteiger partial charge in [-0.2, -0.15) is 5.10 Å². The van der Waals surface area contributed by atoms with Gasteiger partial charge in [0, 0.05) is 30.9 Å². The Bertz CT molecular complexity index is 467. The third-order valence-corrected chi connectivity index (χ3v) is 3.82. The Hall–Kier alpha value is -0.590. The molecule has 0 aliphatic heterocycles. The number of nitrogens with zero attached hydrogens (tertiary/aromatic N) is 2. The van der Waals surface area contributed by atoms with Gasteiger partial charge in [-0.25, -0.2) is 8.42 Å². The molecule has 0 fully saturated rings. The highest BCUT2D eigenvalue weighted by Crippen LogP contribution is 2.23. The van der Waals surface area contributed by atoms with E-state index in [1.54, 1.807) is 25.6 Å². The Morgan fingerprint density at radius 1 is 1.44 bits per heavy atom. The quantitative estimate of drug-likeness (QED) is 0.598. The van der Waals surface area contributed by atoms with E-state index >= 15 is 0 Å². The zero-order valence-electron chi connectivity index (χ0n) is 9.53. The summed E-state index contributed by atoms with van der Waals surface area (Å²) in [5, 5.41) is 4.15. The predicted molar refractivity (Wildman–Crippen MR) is 61.2 cm³/mol. The predicted octanol–water partition coefficient (Wildman–Crippen LogP) is 1.46. The summed E-state index contributed by atoms with van der Waals surface area (Å²) in [5.74, 6) is 0. The molecule has 0 spiro atoms. The summed E-state index contributed by atoms with van der Waals surface area (Å²) < 4.78 is 29.2. The van der Waals surface area contributed by atoms with Gasteiger partial charge in [-0.15, -0.1) is 0 Å². The van der Waals surface area contributed by atoms with E-state index in [2.05, 4.69) is 5.10 Å². The zero-order chi connectivity index (χ0) is 12.3. The van der Waals surface area contributed by atoms with Crippen molar-refractivity contribution in [3.63, 3.8) is 0 Å². The van der Waals surface area contributed by atoms with Gasteiger partial charge >= 0.3 is 0 Å². The number of hydrogen-bond donors (Lipinski definition) is 0. The molecule has 5 nitrogen and oxygen atoms in total. The molecule has 0 saturated heterocycles. The van der Waals surface area contributed by atoms with Gasteiger partial charge in [0.15, 0.2) is 0 Å². The fourth-order valence-corrected chi connectivity index (χ4v) is 3.13. The van der Waals surface area contributed by atoms with E-state index in [4.69, 9.17) is 15.4 Å². The van der Waals surface area contributed by atoms with E-state index in [0.717, 1.165) is 6.42 Å². The smallest absolute Gasteiger partial charge is 0.264 e. The molecule has 0 aliphatic carbocycles. The van der Waals surface area contributed by atoms with E-state index in [9.17, 15) is 8.42 Å². The fraction of sp³-hybridized carbons (Fsp3) is 0.667. The van der Waals surface area contributed by atoms with E-state index < -0.39 is 9.05 Å². The highest BCUT2D eigenvalue weighted by molar-refractivity contribution is 8.13. The van der Waals surface area contributed by atoms with Crippen molar-refractivity contribution < 1.29 is 13.2 Å². The van der Waals surface area contributed by atoms with Crippen molar-refractivity contribution in [3.8, 4) is 0 Å². The van der Waals surface area contributed by atoms with Gasteiger partial charge in [-0.05, 0) is 20.3 Å². The number of halogens is 1. The van der Waals surface area contributed by atoms with E-state index in [1.165, 1.54) is 0 Å². The summed E-state index contributed by atoms with van der Waals surface area (Å²) in [6.07, 6.45) is 0.778. The monoisotopic (exact) mass is 266 g/mol. The minimum atomic E-state index is -3.72. The number of ether oxygens (including phenoxy) is 1. The van der Waals surface area contributed by atoms with Gasteiger partial charge in [0.25, 0.3) is 9.05 Å². The van der Waals surface area contributed by atoms with Gasteiger partial charge in [0.2, 0.25) is 0 Å². The first kappa shape index (κ1) is 13.5. The lowest BCUT2D eigenvalue weighted by Crippen LogP contribution is -2.05. The lowest BCUT2D eigenvalue weighted by atomic mass is 10.4. The van der Waals surface area contributed by atoms with E-state index in [-0.39, 0.29) is 4.90 Å². The number of hydrogen-bond acceptors (Lipinski definition) is 4. The molecule has 1 rings (SSSR count). The van der Waals surface area contributed by atoms with Crippen LogP contribution in [0.2, 0.25) is 0 Å². The van der Waals surface area contributed by atoms with Crippen LogP contribution in [0.5, 0.6) is 0 Å². The second-order valence-electron chi connectivity index (χ2n) is 3.51. The molecule has 1 heterocycles. The van der Waals surface area contributed by atoms with Gasteiger partial charge in [0.1, 0.15) is 4.90 Å². The molecule has 1 aromatic heterocycles. The second kappa shape index (κ2) is 5.16. The summed E-state index contributed by atoms with van der Waals surface area (Å²) in [5.41, 5.74) is 1.01. The van der Waals surface area contributed by atoms with Crippen LogP contribution in [0.4, 0.5) is 0 Å². The Kier molecular flexibility index (Phi) is 4.35. The standard InChI is InChI=1S/C9H15ClN2O3S/c1-7-9(16(10,13)14)8(2)12(11-7)5-4-6-15-3/h4-6H2,1-3H3. The molecule has 7 heteroatoms. The second-order valence-corrected chi connectivity index (χ2v) is 6.01. The van der Waals surface area contributed by atoms with Gasteiger partial charge in [-0.1, -0.05) is 0 Å². The third-order valence-electron chi connectivity index (χ3n) is 2.28. The number of aryl methyl sites for hydroxylation is 2. The lowest BCUT2D eigenvalue weighted by Gasteiger charge is -2.03. The SMILES string of the molecule is COCCCn1nc(C)c(S(=O)(=O)Cl)c1C. The van der Waals surface area contributed by atoms with Crippen LogP contribution in [-0.2, 0) is 20.3 Å². The van der Waals surface area contributed by atoms with Gasteiger partial charge < -0.3 is 4.74 Å². The topological polar surface area (TPSA) is 61.2 Å². The fourth-order valence-electron chi connectivity index (χ4n) is 1.61. The molecule has 0 N–H and O–H groups in total. The average Bonchev–Trinajstić information content (AvgIpc) is 2.41. The lowest BCUT2D eigenvalue weighted by molar-refractivity contribution is 0.188. The molecule has 1 aromatic rings. The Morgan fingerprint density at radius 2 is 2.06 bits per heavy atom. The van der Waals surface area contributed by atoms with Crippen LogP contribution in [0.1, 0.15) is 17.8 Å². The van der Waals surface area contributed by atoms with Crippen molar-refractivity contribution in [3.05, 3.63) is 11.4 Å². The minimum absolute atomic E-state index is 0.117. The Balaban J connectivity index is 2.99. The van der Waals surface area contributed by atoms with Crippen LogP contribution in [0.15, 0.2) is 4.90 Å². The van der Waals surface area contributed by atoms with Crippen molar-refractivity contribution in [2.24, 2.45) is 0 Å². The molecule has 16 heavy (non-hydrogen) atoms. The maximum absolute atomic E-state index is 11.3. The van der Waals surface area contributed by atoms with Crippen LogP contribution in [0, 0.1) is 13.8 Å². The third kappa shape index (κ3) is 2.96. The molecule has 0 bridgehead atoms. The Morgan fingerprint density at radius 3 is 2.50 bits per heavy atom. The maximum Gasteiger partial charge on any atom is 0.264 e. The van der Waals surface area contributed by atoms with Crippen molar-refractivity contribution in [2.45, 2.75) is 31.7 Å². The summed E-state index contributed by atoms with van der Waals surface area (Å²) in [4.78, 5) is 0.117. The maximum atomic E-state index is 11.3. The molecule has 0 radical (unpaired) electrons. The normalized spacial score (nSPS) is 12.0. The molecule has 0 aromatic carbocycles. The highest BCUT2D eigenvalue weighted by atomic mass is 35.7. The molecular weight excluding hydrogens is 252 g/mol. The molecule has 0 unspecified atom stereocenters. The van der Waals surface area contributed by atoms with Crippen molar-refractivity contribution >= 4 is 19.7 Å². The minimum Gasteiger partial charge on any atom is -0.385 e. The largest absolute Gasteiger partial charge is 0.385 e. The van der Waals surface area contributed by atoms with Crippen LogP contribution < -0.4 is 0 Å². The van der Waals surface area contributed by atoms with Gasteiger partial charge in [-0.3, -0.25) is 4.68 Å². The number of aromatic nitrogens is 2. The number of rotatable bonds is 5. The van der Waals surface area contributed by atoms with Crippen molar-refractivity contribution in [1.82, 2.24) is 9.78 Å². The van der Waals surface area contributed by atoms with Crippen molar-refractivity contribution in [1.29, 1.82) is 0 Å². The average molecular weight is 267 g/mol. The molecular formula is C9H15ClN2O3S. The summed E-state index contributed by atoms with van der Waals surface area (Å²) in [6, 6.07) is 0. The van der Waals surface area contributed by atoms with Crippen LogP contribution >= 0.6 is 10.7 Å². The zero-order valence-corrected chi connectivity index (χ0v) is 11.1. The molecule has 0 aliphatic rings. The molecule has 92 valence electrons. The van der Waals surface area contributed by atoms with E-state index in [1.807, 2.05) is 0 Å². The van der Waals surface area contributed by atoms with Crippen LogP contribution in [-0.4, -0.2) is 31.9 Å². The highest BCUT2D eigenvalue weighted by Gasteiger charge is 2.21. The molecule has 0 amide bonds. The molecule has 0 atom stereocenters.